The number of unbranched alkanes of at least 4 members (excludes halogenated alkanes) is 2. The number of nitrogens with zero attached hydrogens (tertiary/aromatic N) is 1. The lowest BCUT2D eigenvalue weighted by atomic mass is 10.1. The number of hydrogen-bond donors (Lipinski definition) is 0. The zero-order chi connectivity index (χ0) is 11.3. The van der Waals surface area contributed by atoms with Gasteiger partial charge in [-0.2, -0.15) is 5.26 Å². The predicted molar refractivity (Wildman–Crippen MR) is 74.8 cm³/mol. The molecule has 0 unspecified atom stereocenters. The van der Waals surface area contributed by atoms with Gasteiger partial charge < -0.3 is 0 Å². The van der Waals surface area contributed by atoms with Gasteiger partial charge in [0.1, 0.15) is 6.07 Å². The van der Waals surface area contributed by atoms with Crippen LogP contribution in [0.5, 0.6) is 0 Å². The van der Waals surface area contributed by atoms with E-state index in [1.54, 1.807) is 0 Å². The Labute approximate surface area is 113 Å². The van der Waals surface area contributed by atoms with Gasteiger partial charge in [-0.1, -0.05) is 25.8 Å². The molecule has 0 aliphatic carbocycles. The van der Waals surface area contributed by atoms with E-state index in [0.717, 1.165) is 20.0 Å². The Bertz CT molecular complexity index is 382. The van der Waals surface area contributed by atoms with E-state index in [1.807, 2.05) is 6.07 Å². The molecule has 3 heteroatoms. The van der Waals surface area contributed by atoms with Crippen LogP contribution in [-0.2, 0) is 6.42 Å². The minimum atomic E-state index is 0.752. The van der Waals surface area contributed by atoms with Crippen molar-refractivity contribution in [2.75, 3.05) is 0 Å². The highest BCUT2D eigenvalue weighted by molar-refractivity contribution is 14.1. The molecule has 0 fully saturated rings. The van der Waals surface area contributed by atoms with Crippen LogP contribution >= 0.6 is 38.5 Å². The van der Waals surface area contributed by atoms with Gasteiger partial charge in [0.15, 0.2) is 0 Å². The third-order valence-corrected chi connectivity index (χ3v) is 5.10. The molecule has 1 aromatic rings. The van der Waals surface area contributed by atoms with Crippen molar-refractivity contribution in [1.82, 2.24) is 0 Å². The first-order chi connectivity index (χ1) is 7.20. The molecule has 0 amide bonds. The van der Waals surface area contributed by atoms with Gasteiger partial charge in [0.25, 0.3) is 0 Å². The first-order valence-electron chi connectivity index (χ1n) is 5.07. The Hall–Kier alpha value is -0.0800. The van der Waals surface area contributed by atoms with Crippen LogP contribution in [0.15, 0.2) is 16.6 Å². The lowest BCUT2D eigenvalue weighted by molar-refractivity contribution is 0.716. The number of hydrogen-bond acceptors (Lipinski definition) is 1. The molecule has 0 atom stereocenters. The van der Waals surface area contributed by atoms with Crippen LogP contribution in [0.2, 0.25) is 0 Å². The molecule has 0 radical (unpaired) electrons. The molecule has 0 aliphatic heterocycles. The highest BCUT2D eigenvalue weighted by Crippen LogP contribution is 2.27. The minimum absolute atomic E-state index is 0.752. The molecule has 1 rings (SSSR count). The number of nitriles is 1. The second-order valence-corrected chi connectivity index (χ2v) is 5.34. The summed E-state index contributed by atoms with van der Waals surface area (Å²) in [6, 6.07) is 6.16. The molecule has 0 saturated heterocycles. The summed E-state index contributed by atoms with van der Waals surface area (Å²) >= 11 is 5.79. The third-order valence-electron chi connectivity index (χ3n) is 2.33. The van der Waals surface area contributed by atoms with E-state index in [-0.39, 0.29) is 0 Å². The predicted octanol–water partition coefficient (Wildman–Crippen LogP) is 4.66. The van der Waals surface area contributed by atoms with Crippen molar-refractivity contribution in [3.8, 4) is 6.07 Å². The van der Waals surface area contributed by atoms with E-state index in [4.69, 9.17) is 5.26 Å². The van der Waals surface area contributed by atoms with Crippen LogP contribution in [-0.4, -0.2) is 0 Å². The van der Waals surface area contributed by atoms with Crippen molar-refractivity contribution in [2.45, 2.75) is 32.6 Å². The molecule has 0 aliphatic rings. The third kappa shape index (κ3) is 3.46. The van der Waals surface area contributed by atoms with E-state index in [0.29, 0.717) is 0 Å². The highest BCUT2D eigenvalue weighted by atomic mass is 127. The molecule has 0 heterocycles. The van der Waals surface area contributed by atoms with Gasteiger partial charge in [-0.15, -0.1) is 0 Å². The van der Waals surface area contributed by atoms with Crippen molar-refractivity contribution >= 4 is 38.5 Å². The summed E-state index contributed by atoms with van der Waals surface area (Å²) in [7, 11) is 0. The Morgan fingerprint density at radius 3 is 2.73 bits per heavy atom. The van der Waals surface area contributed by atoms with E-state index in [2.05, 4.69) is 57.6 Å². The molecular formula is C12H13BrIN. The minimum Gasteiger partial charge on any atom is -0.192 e. The van der Waals surface area contributed by atoms with Crippen molar-refractivity contribution in [3.63, 3.8) is 0 Å². The van der Waals surface area contributed by atoms with Crippen LogP contribution in [0.1, 0.15) is 37.3 Å². The monoisotopic (exact) mass is 377 g/mol. The van der Waals surface area contributed by atoms with E-state index in [1.165, 1.54) is 24.8 Å². The summed E-state index contributed by atoms with van der Waals surface area (Å²) in [4.78, 5) is 0. The average molecular weight is 378 g/mol. The van der Waals surface area contributed by atoms with Crippen molar-refractivity contribution in [2.24, 2.45) is 0 Å². The number of benzene rings is 1. The normalized spacial score (nSPS) is 10.0. The molecule has 1 nitrogen and oxygen atoms in total. The van der Waals surface area contributed by atoms with E-state index in [9.17, 15) is 0 Å². The first kappa shape index (κ1) is 13.0. The van der Waals surface area contributed by atoms with Gasteiger partial charge >= 0.3 is 0 Å². The summed E-state index contributed by atoms with van der Waals surface area (Å²) in [5.41, 5.74) is 2.06. The van der Waals surface area contributed by atoms with Gasteiger partial charge in [0.05, 0.1) is 5.56 Å². The average Bonchev–Trinajstić information content (AvgIpc) is 2.25. The lowest BCUT2D eigenvalue weighted by Gasteiger charge is -2.07. The smallest absolute Gasteiger partial charge is 0.100 e. The molecular weight excluding hydrogens is 365 g/mol. The quantitative estimate of drug-likeness (QED) is 0.553. The number of aryl methyl sites for hydroxylation is 1. The number of rotatable bonds is 4. The van der Waals surface area contributed by atoms with E-state index < -0.39 is 0 Å². The molecule has 15 heavy (non-hydrogen) atoms. The van der Waals surface area contributed by atoms with Crippen LogP contribution < -0.4 is 0 Å². The Morgan fingerprint density at radius 2 is 2.13 bits per heavy atom. The van der Waals surface area contributed by atoms with E-state index >= 15 is 0 Å². The van der Waals surface area contributed by atoms with Crippen molar-refractivity contribution in [1.29, 1.82) is 5.26 Å². The standard InChI is InChI=1S/C12H13BrIN/c1-2-3-4-5-9-6-7-10(8-15)12(14)11(9)13/h6-7H,2-5H2,1H3. The van der Waals surface area contributed by atoms with Crippen LogP contribution in [0, 0.1) is 14.9 Å². The van der Waals surface area contributed by atoms with Gasteiger partial charge in [0, 0.05) is 8.04 Å². The topological polar surface area (TPSA) is 23.8 Å². The molecule has 1 aromatic carbocycles. The molecule has 80 valence electrons. The summed E-state index contributed by atoms with van der Waals surface area (Å²) in [6.07, 6.45) is 4.82. The summed E-state index contributed by atoms with van der Waals surface area (Å²) in [6.45, 7) is 2.21. The highest BCUT2D eigenvalue weighted by Gasteiger charge is 2.07. The molecule has 0 bridgehead atoms. The largest absolute Gasteiger partial charge is 0.192 e. The maximum Gasteiger partial charge on any atom is 0.100 e. The van der Waals surface area contributed by atoms with Gasteiger partial charge in [-0.05, 0) is 63.0 Å². The number of halogens is 2. The molecule has 0 N–H and O–H groups in total. The fourth-order valence-corrected chi connectivity index (χ4v) is 2.63. The van der Waals surface area contributed by atoms with Gasteiger partial charge in [-0.3, -0.25) is 0 Å². The first-order valence-corrected chi connectivity index (χ1v) is 6.94. The SMILES string of the molecule is CCCCCc1ccc(C#N)c(I)c1Br. The Morgan fingerprint density at radius 1 is 1.40 bits per heavy atom. The summed E-state index contributed by atoms with van der Waals surface area (Å²) in [5, 5.41) is 8.87. The second-order valence-electron chi connectivity index (χ2n) is 3.47. The maximum atomic E-state index is 8.87. The van der Waals surface area contributed by atoms with Crippen LogP contribution in [0.4, 0.5) is 0 Å². The summed E-state index contributed by atoms with van der Waals surface area (Å²) in [5.74, 6) is 0. The van der Waals surface area contributed by atoms with Crippen LogP contribution in [0.3, 0.4) is 0 Å². The van der Waals surface area contributed by atoms with Gasteiger partial charge in [-0.25, -0.2) is 0 Å². The Balaban J connectivity index is 2.83. The molecule has 0 aromatic heterocycles. The van der Waals surface area contributed by atoms with Crippen LogP contribution in [0.25, 0.3) is 0 Å². The Kier molecular flexibility index (Phi) is 5.62. The van der Waals surface area contributed by atoms with Gasteiger partial charge in [0.2, 0.25) is 0 Å². The second kappa shape index (κ2) is 6.49. The maximum absolute atomic E-state index is 8.87. The van der Waals surface area contributed by atoms with Crippen molar-refractivity contribution < 1.29 is 0 Å². The molecule has 0 saturated carbocycles. The fraction of sp³-hybridized carbons (Fsp3) is 0.417. The fourth-order valence-electron chi connectivity index (χ4n) is 1.43. The lowest BCUT2D eigenvalue weighted by Crippen LogP contribution is -1.92. The zero-order valence-electron chi connectivity index (χ0n) is 8.69. The molecule has 0 spiro atoms. The van der Waals surface area contributed by atoms with Crippen molar-refractivity contribution in [3.05, 3.63) is 31.3 Å². The zero-order valence-corrected chi connectivity index (χ0v) is 12.4. The summed E-state index contributed by atoms with van der Waals surface area (Å²) < 4.78 is 2.13.